The van der Waals surface area contributed by atoms with Crippen molar-refractivity contribution < 1.29 is 9.72 Å². The number of non-ortho nitro benzene ring substituents is 1. The number of hydrogen-bond acceptors (Lipinski definition) is 6. The van der Waals surface area contributed by atoms with Crippen molar-refractivity contribution in [2.75, 3.05) is 31.1 Å². The van der Waals surface area contributed by atoms with Crippen molar-refractivity contribution in [3.05, 3.63) is 63.2 Å². The molecule has 0 fully saturated rings. The second-order valence-corrected chi connectivity index (χ2v) is 7.79. The fraction of sp³-hybridized carbons (Fsp3) is 0.300. The summed E-state index contributed by atoms with van der Waals surface area (Å²) in [4.78, 5) is 32.3. The third-order valence-corrected chi connectivity index (χ3v) is 6.02. The fourth-order valence-corrected chi connectivity index (χ4v) is 4.28. The maximum Gasteiger partial charge on any atom is 0.270 e. The number of nitro groups is 1. The van der Waals surface area contributed by atoms with Crippen LogP contribution in [0.3, 0.4) is 0 Å². The Balaban J connectivity index is 0.00000320. The lowest BCUT2D eigenvalue weighted by molar-refractivity contribution is -0.384. The number of hydrogen-bond donors (Lipinski definition) is 0. The van der Waals surface area contributed by atoms with Gasteiger partial charge in [-0.2, -0.15) is 0 Å². The lowest BCUT2D eigenvalue weighted by Gasteiger charge is -2.24. The molecule has 30 heavy (non-hydrogen) atoms. The average Bonchev–Trinajstić information content (AvgIpc) is 3.16. The van der Waals surface area contributed by atoms with Crippen molar-refractivity contribution in [2.45, 2.75) is 13.8 Å². The number of anilines is 1. The van der Waals surface area contributed by atoms with Crippen molar-refractivity contribution in [3.63, 3.8) is 0 Å². The molecule has 0 aliphatic heterocycles. The SMILES string of the molecule is CCN(CC)CCN(C(=O)c1cccc([N+](=O)[O-])c1)c1nc2c(Cl)cccc2s1.Cl. The zero-order chi connectivity index (χ0) is 21.0. The highest BCUT2D eigenvalue weighted by Crippen LogP contribution is 2.33. The number of carbonyl (C=O) groups is 1. The van der Waals surface area contributed by atoms with Crippen LogP contribution >= 0.6 is 35.3 Å². The molecule has 0 radical (unpaired) electrons. The summed E-state index contributed by atoms with van der Waals surface area (Å²) in [7, 11) is 0. The van der Waals surface area contributed by atoms with Crippen molar-refractivity contribution in [3.8, 4) is 0 Å². The molecule has 1 aromatic heterocycles. The summed E-state index contributed by atoms with van der Waals surface area (Å²) in [5.74, 6) is -0.323. The number of likely N-dealkylation sites (N-methyl/N-ethyl adjacent to an activating group) is 1. The van der Waals surface area contributed by atoms with E-state index >= 15 is 0 Å². The summed E-state index contributed by atoms with van der Waals surface area (Å²) in [6.07, 6.45) is 0. The Morgan fingerprint density at radius 2 is 1.87 bits per heavy atom. The maximum absolute atomic E-state index is 13.3. The smallest absolute Gasteiger partial charge is 0.270 e. The third-order valence-electron chi connectivity index (χ3n) is 4.67. The topological polar surface area (TPSA) is 79.6 Å². The van der Waals surface area contributed by atoms with Gasteiger partial charge in [-0.3, -0.25) is 19.8 Å². The molecule has 0 bridgehead atoms. The molecule has 0 saturated heterocycles. The first-order chi connectivity index (χ1) is 13.9. The number of nitro benzene ring substituents is 1. The molecule has 2 aromatic carbocycles. The van der Waals surface area contributed by atoms with Crippen LogP contribution in [0.25, 0.3) is 10.2 Å². The van der Waals surface area contributed by atoms with Crippen LogP contribution in [0.5, 0.6) is 0 Å². The van der Waals surface area contributed by atoms with E-state index in [2.05, 4.69) is 23.7 Å². The van der Waals surface area contributed by atoms with E-state index < -0.39 is 4.92 Å². The molecule has 0 atom stereocenters. The molecule has 0 N–H and O–H groups in total. The number of fused-ring (bicyclic) bond motifs is 1. The van der Waals surface area contributed by atoms with Crippen molar-refractivity contribution in [2.24, 2.45) is 0 Å². The van der Waals surface area contributed by atoms with Gasteiger partial charge in [-0.1, -0.05) is 48.9 Å². The summed E-state index contributed by atoms with van der Waals surface area (Å²) in [6, 6.07) is 11.3. The minimum Gasteiger partial charge on any atom is -0.302 e. The van der Waals surface area contributed by atoms with E-state index in [1.54, 1.807) is 17.0 Å². The minimum atomic E-state index is -0.505. The number of rotatable bonds is 8. The van der Waals surface area contributed by atoms with Crippen LogP contribution in [-0.2, 0) is 0 Å². The fourth-order valence-electron chi connectivity index (χ4n) is 2.99. The summed E-state index contributed by atoms with van der Waals surface area (Å²) in [5.41, 5.74) is 0.782. The third kappa shape index (κ3) is 5.26. The van der Waals surface area contributed by atoms with Crippen molar-refractivity contribution in [1.82, 2.24) is 9.88 Å². The maximum atomic E-state index is 13.3. The van der Waals surface area contributed by atoms with E-state index in [9.17, 15) is 14.9 Å². The summed E-state index contributed by atoms with van der Waals surface area (Å²) < 4.78 is 0.882. The van der Waals surface area contributed by atoms with Gasteiger partial charge >= 0.3 is 0 Å². The van der Waals surface area contributed by atoms with Crippen molar-refractivity contribution >= 4 is 62.3 Å². The first kappa shape index (κ1) is 24.0. The van der Waals surface area contributed by atoms with E-state index in [1.807, 2.05) is 12.1 Å². The van der Waals surface area contributed by atoms with Gasteiger partial charge in [0.2, 0.25) is 0 Å². The lowest BCUT2D eigenvalue weighted by atomic mass is 10.2. The van der Waals surface area contributed by atoms with E-state index in [1.165, 1.54) is 29.5 Å². The Morgan fingerprint density at radius 1 is 1.17 bits per heavy atom. The molecule has 10 heteroatoms. The average molecular weight is 469 g/mol. The monoisotopic (exact) mass is 468 g/mol. The zero-order valence-electron chi connectivity index (χ0n) is 16.6. The van der Waals surface area contributed by atoms with E-state index in [-0.39, 0.29) is 29.6 Å². The number of thiazole rings is 1. The Hall–Kier alpha value is -2.26. The number of nitrogens with zero attached hydrogens (tertiary/aromatic N) is 4. The van der Waals surface area contributed by atoms with E-state index in [0.717, 1.165) is 17.8 Å². The van der Waals surface area contributed by atoms with Crippen LogP contribution < -0.4 is 4.90 Å². The molecule has 7 nitrogen and oxygen atoms in total. The zero-order valence-corrected chi connectivity index (χ0v) is 19.0. The quantitative estimate of drug-likeness (QED) is 0.332. The van der Waals surface area contributed by atoms with Crippen LogP contribution in [0, 0.1) is 10.1 Å². The highest BCUT2D eigenvalue weighted by molar-refractivity contribution is 7.22. The van der Waals surface area contributed by atoms with Gasteiger partial charge in [0.05, 0.1) is 14.6 Å². The predicted molar refractivity (Wildman–Crippen MR) is 124 cm³/mol. The molecular weight excluding hydrogens is 447 g/mol. The number of halogens is 2. The number of carbonyl (C=O) groups excluding carboxylic acids is 1. The molecule has 0 unspecified atom stereocenters. The molecule has 1 amide bonds. The van der Waals surface area contributed by atoms with Crippen molar-refractivity contribution in [1.29, 1.82) is 0 Å². The second kappa shape index (κ2) is 10.7. The standard InChI is InChI=1S/C20H21ClN4O3S.ClH/c1-3-23(4-2)11-12-24(19(26)14-7-5-8-15(13-14)25(27)28)20-22-18-16(21)9-6-10-17(18)29-20;/h5-10,13H,3-4,11-12H2,1-2H3;1H. The van der Waals surface area contributed by atoms with E-state index in [4.69, 9.17) is 11.6 Å². The second-order valence-electron chi connectivity index (χ2n) is 6.37. The number of aromatic nitrogens is 1. The van der Waals surface area contributed by atoms with Gasteiger partial charge in [0.1, 0.15) is 5.52 Å². The van der Waals surface area contributed by atoms with Gasteiger partial charge < -0.3 is 4.90 Å². The van der Waals surface area contributed by atoms with Crippen LogP contribution in [0.1, 0.15) is 24.2 Å². The lowest BCUT2D eigenvalue weighted by Crippen LogP contribution is -2.38. The number of para-hydroxylation sites is 1. The molecule has 0 spiro atoms. The summed E-state index contributed by atoms with van der Waals surface area (Å²) >= 11 is 7.63. The van der Waals surface area contributed by atoms with Gasteiger partial charge in [-0.05, 0) is 31.3 Å². The molecule has 0 aliphatic carbocycles. The van der Waals surface area contributed by atoms with Gasteiger partial charge in [0, 0.05) is 30.8 Å². The highest BCUT2D eigenvalue weighted by atomic mass is 35.5. The van der Waals surface area contributed by atoms with Crippen LogP contribution in [-0.4, -0.2) is 46.9 Å². The number of benzene rings is 2. The Kier molecular flexibility index (Phi) is 8.54. The molecular formula is C20H22Cl2N4O3S. The van der Waals surface area contributed by atoms with Crippen LogP contribution in [0.4, 0.5) is 10.8 Å². The predicted octanol–water partition coefficient (Wildman–Crippen LogP) is 5.27. The largest absolute Gasteiger partial charge is 0.302 e. The van der Waals surface area contributed by atoms with Gasteiger partial charge in [0.15, 0.2) is 5.13 Å². The summed E-state index contributed by atoms with van der Waals surface area (Å²) in [6.45, 7) is 6.93. The van der Waals surface area contributed by atoms with Crippen LogP contribution in [0.15, 0.2) is 42.5 Å². The van der Waals surface area contributed by atoms with Gasteiger partial charge in [-0.25, -0.2) is 4.98 Å². The molecule has 3 rings (SSSR count). The Labute approximate surface area is 189 Å². The molecule has 1 heterocycles. The highest BCUT2D eigenvalue weighted by Gasteiger charge is 2.23. The van der Waals surface area contributed by atoms with Gasteiger partial charge in [0.25, 0.3) is 11.6 Å². The minimum absolute atomic E-state index is 0. The Morgan fingerprint density at radius 3 is 2.50 bits per heavy atom. The first-order valence-electron chi connectivity index (χ1n) is 9.28. The molecule has 0 saturated carbocycles. The molecule has 0 aliphatic rings. The van der Waals surface area contributed by atoms with Gasteiger partial charge in [-0.15, -0.1) is 12.4 Å². The van der Waals surface area contributed by atoms with Crippen LogP contribution in [0.2, 0.25) is 5.02 Å². The summed E-state index contributed by atoms with van der Waals surface area (Å²) in [5, 5.41) is 12.2. The first-order valence-corrected chi connectivity index (χ1v) is 10.5. The normalized spacial score (nSPS) is 10.8. The molecule has 160 valence electrons. The Bertz CT molecular complexity index is 1040. The number of amides is 1. The molecule has 3 aromatic rings. The van der Waals surface area contributed by atoms with E-state index in [0.29, 0.717) is 28.8 Å².